The fourth-order valence-corrected chi connectivity index (χ4v) is 3.73. The normalized spacial score (nSPS) is 12.0. The minimum Gasteiger partial charge on any atom is -0.538 e. The molecule has 6 nitrogen and oxygen atoms in total. The molecular weight excluding hydrogens is 374 g/mol. The monoisotopic (exact) mass is 391 g/mol. The van der Waals surface area contributed by atoms with Gasteiger partial charge in [-0.3, -0.25) is 4.79 Å². The maximum atomic E-state index is 12.7. The summed E-state index contributed by atoms with van der Waals surface area (Å²) in [7, 11) is 0. The van der Waals surface area contributed by atoms with Gasteiger partial charge in [0.05, 0.1) is 10.5 Å². The van der Waals surface area contributed by atoms with Crippen LogP contribution in [0.3, 0.4) is 0 Å². The highest BCUT2D eigenvalue weighted by Gasteiger charge is 2.26. The number of benzene rings is 3. The first-order valence-electron chi connectivity index (χ1n) is 8.73. The van der Waals surface area contributed by atoms with Gasteiger partial charge in [-0.1, -0.05) is 54.6 Å². The summed E-state index contributed by atoms with van der Waals surface area (Å²) in [6.45, 7) is 1.74. The van der Waals surface area contributed by atoms with Crippen LogP contribution in [0.5, 0.6) is 5.95 Å². The molecular formula is C21H17N3O3S. The van der Waals surface area contributed by atoms with Gasteiger partial charge in [0.15, 0.2) is 5.95 Å². The topological polar surface area (TPSA) is 82.1 Å². The van der Waals surface area contributed by atoms with Crippen molar-refractivity contribution in [3.05, 3.63) is 72.8 Å². The Morgan fingerprint density at radius 2 is 1.79 bits per heavy atom. The van der Waals surface area contributed by atoms with Gasteiger partial charge >= 0.3 is 0 Å². The number of carbonyl (C=O) groups excluding carboxylic acids is 1. The van der Waals surface area contributed by atoms with E-state index in [4.69, 9.17) is 4.52 Å². The van der Waals surface area contributed by atoms with Gasteiger partial charge in [-0.25, -0.2) is 0 Å². The molecule has 0 fully saturated rings. The molecule has 1 aromatic heterocycles. The van der Waals surface area contributed by atoms with Gasteiger partial charge in [0.1, 0.15) is 0 Å². The van der Waals surface area contributed by atoms with Crippen LogP contribution in [0.15, 0.2) is 82.3 Å². The van der Waals surface area contributed by atoms with Gasteiger partial charge < -0.3 is 14.9 Å². The lowest BCUT2D eigenvalue weighted by molar-refractivity contribution is -0.705. The number of fused-ring (bicyclic) bond motifs is 1. The highest BCUT2D eigenvalue weighted by molar-refractivity contribution is 8.00. The summed E-state index contributed by atoms with van der Waals surface area (Å²) < 4.78 is 6.22. The van der Waals surface area contributed by atoms with Crippen molar-refractivity contribution in [3.63, 3.8) is 0 Å². The fraction of sp³-hybridized carbons (Fsp3) is 0.0952. The summed E-state index contributed by atoms with van der Waals surface area (Å²) in [5.74, 6) is -0.778. The van der Waals surface area contributed by atoms with E-state index in [-0.39, 0.29) is 10.9 Å². The molecule has 1 unspecified atom stereocenters. The summed E-state index contributed by atoms with van der Waals surface area (Å²) in [5.41, 5.74) is 1.43. The van der Waals surface area contributed by atoms with Crippen LogP contribution in [0.2, 0.25) is 0 Å². The molecule has 0 saturated heterocycles. The molecule has 7 heteroatoms. The number of amides is 1. The van der Waals surface area contributed by atoms with E-state index in [0.717, 1.165) is 28.2 Å². The summed E-state index contributed by atoms with van der Waals surface area (Å²) in [4.78, 5) is 12.7. The predicted molar refractivity (Wildman–Crippen MR) is 105 cm³/mol. The first kappa shape index (κ1) is 18.1. The lowest BCUT2D eigenvalue weighted by atomic mass is 10.1. The molecule has 140 valence electrons. The molecule has 4 rings (SSSR count). The average molecular weight is 391 g/mol. The number of nitrogens with one attached hydrogen (secondary N) is 1. The Bertz CT molecular complexity index is 1120. The molecule has 0 bridgehead atoms. The van der Waals surface area contributed by atoms with Crippen molar-refractivity contribution in [2.45, 2.75) is 17.2 Å². The predicted octanol–water partition coefficient (Wildman–Crippen LogP) is 3.30. The molecule has 1 amide bonds. The maximum Gasteiger partial charge on any atom is 0.298 e. The van der Waals surface area contributed by atoms with E-state index in [0.29, 0.717) is 5.69 Å². The number of nitrogens with zero attached hydrogens (tertiary/aromatic N) is 2. The second kappa shape index (κ2) is 7.74. The first-order valence-corrected chi connectivity index (χ1v) is 9.61. The number of carbonyl (C=O) groups is 1. The van der Waals surface area contributed by atoms with Gasteiger partial charge in [-0.15, -0.1) is 0 Å². The van der Waals surface area contributed by atoms with Gasteiger partial charge in [-0.2, -0.15) is 0 Å². The molecule has 0 aliphatic carbocycles. The van der Waals surface area contributed by atoms with Crippen LogP contribution in [-0.2, 0) is 4.79 Å². The van der Waals surface area contributed by atoms with Crippen molar-refractivity contribution in [2.24, 2.45) is 0 Å². The lowest BCUT2D eigenvalue weighted by Crippen LogP contribution is -2.36. The Labute approximate surface area is 165 Å². The third-order valence-corrected chi connectivity index (χ3v) is 5.41. The van der Waals surface area contributed by atoms with Crippen LogP contribution < -0.4 is 15.1 Å². The Morgan fingerprint density at radius 1 is 1.07 bits per heavy atom. The van der Waals surface area contributed by atoms with E-state index in [1.165, 1.54) is 4.68 Å². The Kier molecular flexibility index (Phi) is 4.99. The van der Waals surface area contributed by atoms with Crippen molar-refractivity contribution in [1.29, 1.82) is 0 Å². The smallest absolute Gasteiger partial charge is 0.298 e. The number of aromatic nitrogens is 2. The van der Waals surface area contributed by atoms with Gasteiger partial charge in [0.25, 0.3) is 5.03 Å². The second-order valence-electron chi connectivity index (χ2n) is 6.19. The highest BCUT2D eigenvalue weighted by atomic mass is 32.2. The van der Waals surface area contributed by atoms with E-state index in [9.17, 15) is 9.90 Å². The average Bonchev–Trinajstić information content (AvgIpc) is 3.09. The quantitative estimate of drug-likeness (QED) is 0.417. The van der Waals surface area contributed by atoms with Crippen LogP contribution >= 0.6 is 11.8 Å². The zero-order chi connectivity index (χ0) is 19.5. The first-order chi connectivity index (χ1) is 13.6. The molecule has 28 heavy (non-hydrogen) atoms. The third-order valence-electron chi connectivity index (χ3n) is 4.28. The third kappa shape index (κ3) is 3.57. The summed E-state index contributed by atoms with van der Waals surface area (Å²) in [6, 6.07) is 22.8. The van der Waals surface area contributed by atoms with E-state index >= 15 is 0 Å². The van der Waals surface area contributed by atoms with Crippen LogP contribution in [0, 0.1) is 0 Å². The van der Waals surface area contributed by atoms with Crippen LogP contribution in [0.1, 0.15) is 6.92 Å². The molecule has 0 radical (unpaired) electrons. The summed E-state index contributed by atoms with van der Waals surface area (Å²) >= 11 is 1.11. The molecule has 0 aliphatic heterocycles. The Morgan fingerprint density at radius 3 is 2.61 bits per heavy atom. The number of hydrogen-bond acceptors (Lipinski definition) is 5. The fourth-order valence-electron chi connectivity index (χ4n) is 2.86. The van der Waals surface area contributed by atoms with Gasteiger partial charge in [0.2, 0.25) is 11.6 Å². The zero-order valence-electron chi connectivity index (χ0n) is 15.0. The minimum absolute atomic E-state index is 0.207. The molecule has 4 aromatic rings. The molecule has 1 N–H and O–H groups in total. The number of hydrogen-bond donors (Lipinski definition) is 1. The standard InChI is InChI=1S/C21H17N3O3S/c1-14(19(25)22-18-13-7-9-15-8-5-6-12-17(15)18)28-20-21(26)27-23-24(20)16-10-3-2-4-11-16/h2-14H,1H3,(H-,22,23,25,26). The lowest BCUT2D eigenvalue weighted by Gasteiger charge is -2.12. The van der Waals surface area contributed by atoms with Crippen molar-refractivity contribution >= 4 is 34.1 Å². The summed E-state index contributed by atoms with van der Waals surface area (Å²) in [5, 5.41) is 20.6. The number of thioether (sulfide) groups is 1. The highest BCUT2D eigenvalue weighted by Crippen LogP contribution is 2.29. The SMILES string of the molecule is CC(Sc1c([O-])on[n+]1-c1ccccc1)C(=O)Nc1cccc2ccccc12. The van der Waals surface area contributed by atoms with E-state index < -0.39 is 11.2 Å². The van der Waals surface area contributed by atoms with Crippen molar-refractivity contribution in [2.75, 3.05) is 5.32 Å². The largest absolute Gasteiger partial charge is 0.538 e. The zero-order valence-corrected chi connectivity index (χ0v) is 15.8. The molecule has 0 aliphatic rings. The molecule has 1 heterocycles. The number of para-hydroxylation sites is 1. The number of rotatable bonds is 5. The summed E-state index contributed by atoms with van der Waals surface area (Å²) in [6.07, 6.45) is 0. The van der Waals surface area contributed by atoms with Crippen molar-refractivity contribution in [3.8, 4) is 11.6 Å². The molecule has 3 aromatic carbocycles. The molecule has 0 spiro atoms. The molecule has 0 saturated carbocycles. The Hall–Kier alpha value is -3.32. The van der Waals surface area contributed by atoms with Gasteiger partial charge in [-0.05, 0) is 34.8 Å². The number of anilines is 1. The molecule has 1 atom stereocenters. The Balaban J connectivity index is 1.55. The van der Waals surface area contributed by atoms with Crippen molar-refractivity contribution in [1.82, 2.24) is 5.27 Å². The van der Waals surface area contributed by atoms with E-state index in [1.54, 1.807) is 6.92 Å². The van der Waals surface area contributed by atoms with Crippen LogP contribution in [0.4, 0.5) is 5.69 Å². The van der Waals surface area contributed by atoms with Crippen LogP contribution in [0.25, 0.3) is 16.5 Å². The van der Waals surface area contributed by atoms with E-state index in [2.05, 4.69) is 10.6 Å². The van der Waals surface area contributed by atoms with E-state index in [1.807, 2.05) is 72.8 Å². The second-order valence-corrected chi connectivity index (χ2v) is 7.52. The van der Waals surface area contributed by atoms with Crippen LogP contribution in [-0.4, -0.2) is 16.4 Å². The van der Waals surface area contributed by atoms with Gasteiger partial charge in [0, 0.05) is 23.2 Å². The maximum absolute atomic E-state index is 12.7. The van der Waals surface area contributed by atoms with Crippen molar-refractivity contribution < 1.29 is 19.1 Å². The minimum atomic E-state index is -0.571.